The van der Waals surface area contributed by atoms with E-state index < -0.39 is 0 Å². The molecular formula is C30H26Cl2N2O5. The number of benzene rings is 4. The van der Waals surface area contributed by atoms with Crippen LogP contribution in [0.4, 0.5) is 11.4 Å². The maximum Gasteiger partial charge on any atom is 0.145 e. The summed E-state index contributed by atoms with van der Waals surface area (Å²) >= 11 is 12.3. The van der Waals surface area contributed by atoms with Crippen LogP contribution in [-0.2, 0) is 4.74 Å². The molecule has 4 aromatic rings. The normalized spacial score (nSPS) is 11.3. The van der Waals surface area contributed by atoms with Crippen molar-refractivity contribution in [3.63, 3.8) is 0 Å². The fourth-order valence-electron chi connectivity index (χ4n) is 3.42. The van der Waals surface area contributed by atoms with Crippen LogP contribution in [0.3, 0.4) is 0 Å². The molecule has 200 valence electrons. The van der Waals surface area contributed by atoms with E-state index in [0.29, 0.717) is 57.3 Å². The lowest BCUT2D eigenvalue weighted by atomic mass is 10.2. The van der Waals surface area contributed by atoms with Gasteiger partial charge < -0.3 is 24.4 Å². The summed E-state index contributed by atoms with van der Waals surface area (Å²) in [6.07, 6.45) is 3.11. The molecule has 39 heavy (non-hydrogen) atoms. The van der Waals surface area contributed by atoms with Gasteiger partial charge in [0.1, 0.15) is 47.6 Å². The van der Waals surface area contributed by atoms with Crippen LogP contribution in [0.25, 0.3) is 0 Å². The third-order valence-electron chi connectivity index (χ3n) is 5.37. The van der Waals surface area contributed by atoms with E-state index in [2.05, 4.69) is 9.98 Å². The summed E-state index contributed by atoms with van der Waals surface area (Å²) in [6.45, 7) is 1.23. The van der Waals surface area contributed by atoms with E-state index in [0.717, 1.165) is 0 Å². The van der Waals surface area contributed by atoms with Gasteiger partial charge in [0.25, 0.3) is 0 Å². The summed E-state index contributed by atoms with van der Waals surface area (Å²) in [4.78, 5) is 8.85. The van der Waals surface area contributed by atoms with Gasteiger partial charge in [0.15, 0.2) is 0 Å². The number of hydrogen-bond acceptors (Lipinski definition) is 7. The second-order valence-corrected chi connectivity index (χ2v) is 9.04. The molecule has 4 rings (SSSR count). The van der Waals surface area contributed by atoms with Crippen molar-refractivity contribution in [2.75, 3.05) is 26.4 Å². The highest BCUT2D eigenvalue weighted by Gasteiger charge is 2.07. The number of aliphatic imine (C=N–C) groups is 2. The summed E-state index contributed by atoms with van der Waals surface area (Å²) in [6, 6.07) is 24.1. The van der Waals surface area contributed by atoms with Crippen LogP contribution in [0.5, 0.6) is 23.0 Å². The number of rotatable bonds is 12. The quantitative estimate of drug-likeness (QED) is 0.138. The first kappa shape index (κ1) is 28.0. The first-order valence-corrected chi connectivity index (χ1v) is 12.8. The van der Waals surface area contributed by atoms with Gasteiger partial charge in [0, 0.05) is 33.6 Å². The molecule has 0 radical (unpaired) electrons. The Hall–Kier alpha value is -4.04. The molecule has 0 amide bonds. The summed E-state index contributed by atoms with van der Waals surface area (Å²) < 4.78 is 17.3. The van der Waals surface area contributed by atoms with Gasteiger partial charge in [-0.1, -0.05) is 47.5 Å². The Morgan fingerprint density at radius 3 is 1.46 bits per heavy atom. The van der Waals surface area contributed by atoms with Crippen molar-refractivity contribution in [1.29, 1.82) is 0 Å². The third kappa shape index (κ3) is 8.48. The molecule has 0 atom stereocenters. The van der Waals surface area contributed by atoms with Crippen LogP contribution >= 0.6 is 23.2 Å². The van der Waals surface area contributed by atoms with Gasteiger partial charge in [-0.05, 0) is 60.7 Å². The zero-order valence-electron chi connectivity index (χ0n) is 20.8. The Bertz CT molecular complexity index is 1350. The van der Waals surface area contributed by atoms with Crippen molar-refractivity contribution < 1.29 is 24.4 Å². The second-order valence-electron chi connectivity index (χ2n) is 8.17. The van der Waals surface area contributed by atoms with Crippen molar-refractivity contribution in [2.45, 2.75) is 0 Å². The maximum absolute atomic E-state index is 9.94. The van der Waals surface area contributed by atoms with E-state index in [1.54, 1.807) is 85.2 Å². The number of phenols is 2. The second kappa shape index (κ2) is 14.2. The van der Waals surface area contributed by atoms with E-state index in [4.69, 9.17) is 37.4 Å². The predicted molar refractivity (Wildman–Crippen MR) is 155 cm³/mol. The minimum atomic E-state index is 0.134. The van der Waals surface area contributed by atoms with Crippen LogP contribution in [-0.4, -0.2) is 49.1 Å². The Kier molecular flexibility index (Phi) is 10.2. The Morgan fingerprint density at radius 1 is 0.590 bits per heavy atom. The van der Waals surface area contributed by atoms with Crippen molar-refractivity contribution >= 4 is 47.0 Å². The molecule has 0 unspecified atom stereocenters. The van der Waals surface area contributed by atoms with Crippen LogP contribution in [0.15, 0.2) is 94.9 Å². The fourth-order valence-corrected chi connectivity index (χ4v) is 3.75. The molecule has 2 N–H and O–H groups in total. The van der Waals surface area contributed by atoms with Gasteiger partial charge in [0.05, 0.1) is 13.2 Å². The Balaban J connectivity index is 1.25. The molecule has 0 aliphatic carbocycles. The molecule has 9 heteroatoms. The molecule has 7 nitrogen and oxygen atoms in total. The Labute approximate surface area is 236 Å². The largest absolute Gasteiger partial charge is 0.507 e. The molecule has 0 aliphatic heterocycles. The first-order valence-electron chi connectivity index (χ1n) is 12.1. The Morgan fingerprint density at radius 2 is 1.03 bits per heavy atom. The summed E-state index contributed by atoms with van der Waals surface area (Å²) in [5, 5.41) is 20.9. The first-order chi connectivity index (χ1) is 19.0. The maximum atomic E-state index is 9.94. The topological polar surface area (TPSA) is 92.9 Å². The molecule has 0 bridgehead atoms. The van der Waals surface area contributed by atoms with E-state index >= 15 is 0 Å². The molecule has 0 fully saturated rings. The molecule has 0 spiro atoms. The van der Waals surface area contributed by atoms with Crippen molar-refractivity contribution in [2.24, 2.45) is 9.98 Å². The monoisotopic (exact) mass is 564 g/mol. The molecule has 4 aromatic carbocycles. The summed E-state index contributed by atoms with van der Waals surface area (Å²) in [5.74, 6) is 1.35. The minimum absolute atomic E-state index is 0.134. The van der Waals surface area contributed by atoms with Gasteiger partial charge >= 0.3 is 0 Å². The molecule has 0 aromatic heterocycles. The van der Waals surface area contributed by atoms with E-state index in [-0.39, 0.29) is 24.7 Å². The number of halogens is 2. The van der Waals surface area contributed by atoms with Gasteiger partial charge in [-0.25, -0.2) is 0 Å². The highest BCUT2D eigenvalue weighted by atomic mass is 35.5. The van der Waals surface area contributed by atoms with Crippen LogP contribution in [0, 0.1) is 0 Å². The zero-order chi connectivity index (χ0) is 27.5. The van der Waals surface area contributed by atoms with Crippen LogP contribution in [0.1, 0.15) is 11.1 Å². The third-order valence-corrected chi connectivity index (χ3v) is 5.84. The van der Waals surface area contributed by atoms with Crippen LogP contribution in [0.2, 0.25) is 10.0 Å². The number of phenolic OH excluding ortho intramolecular Hbond substituents is 2. The molecule has 0 saturated carbocycles. The van der Waals surface area contributed by atoms with E-state index in [9.17, 15) is 10.2 Å². The van der Waals surface area contributed by atoms with Gasteiger partial charge in [-0.3, -0.25) is 9.98 Å². The highest BCUT2D eigenvalue weighted by molar-refractivity contribution is 6.31. The van der Waals surface area contributed by atoms with E-state index in [1.807, 2.05) is 12.1 Å². The van der Waals surface area contributed by atoms with Gasteiger partial charge in [-0.2, -0.15) is 0 Å². The molecule has 0 saturated heterocycles. The average molecular weight is 565 g/mol. The minimum Gasteiger partial charge on any atom is -0.507 e. The molecule has 0 heterocycles. The zero-order valence-corrected chi connectivity index (χ0v) is 22.3. The number of para-hydroxylation sites is 2. The lowest BCUT2D eigenvalue weighted by Gasteiger charge is -2.11. The molecule has 0 aliphatic rings. The van der Waals surface area contributed by atoms with Crippen molar-refractivity contribution in [1.82, 2.24) is 0 Å². The van der Waals surface area contributed by atoms with Crippen molar-refractivity contribution in [3.8, 4) is 23.0 Å². The summed E-state index contributed by atoms with van der Waals surface area (Å²) in [7, 11) is 0. The number of nitrogens with zero attached hydrogens (tertiary/aromatic N) is 2. The van der Waals surface area contributed by atoms with Gasteiger partial charge in [0.2, 0.25) is 0 Å². The van der Waals surface area contributed by atoms with Crippen LogP contribution < -0.4 is 9.47 Å². The standard InChI is InChI=1S/C30H26Cl2N2O5/c31-23-9-11-29(25(17-23)33-19-21-5-1-3-7-27(21)35)38-15-13-37-14-16-39-30-12-10-24(32)18-26(30)34-20-22-6-2-4-8-28(22)36/h1-12,17-20,35-36H,13-16H2. The van der Waals surface area contributed by atoms with Crippen molar-refractivity contribution in [3.05, 3.63) is 106 Å². The number of aromatic hydroxyl groups is 2. The lowest BCUT2D eigenvalue weighted by molar-refractivity contribution is 0.0767. The number of hydrogen-bond donors (Lipinski definition) is 2. The van der Waals surface area contributed by atoms with E-state index in [1.165, 1.54) is 0 Å². The lowest BCUT2D eigenvalue weighted by Crippen LogP contribution is -2.12. The smallest absolute Gasteiger partial charge is 0.145 e. The highest BCUT2D eigenvalue weighted by Crippen LogP contribution is 2.32. The SMILES string of the molecule is Oc1ccccc1C=Nc1cc(Cl)ccc1OCCOCCOc1ccc(Cl)cc1N=Cc1ccccc1O. The van der Waals surface area contributed by atoms with Gasteiger partial charge in [-0.15, -0.1) is 0 Å². The average Bonchev–Trinajstić information content (AvgIpc) is 2.93. The molecular weight excluding hydrogens is 539 g/mol. The predicted octanol–water partition coefficient (Wildman–Crippen LogP) is 7.38. The summed E-state index contributed by atoms with van der Waals surface area (Å²) in [5.41, 5.74) is 2.24. The number of ether oxygens (including phenoxy) is 3. The fraction of sp³-hybridized carbons (Fsp3) is 0.133.